The highest BCUT2D eigenvalue weighted by molar-refractivity contribution is 6.31. The van der Waals surface area contributed by atoms with Gasteiger partial charge >= 0.3 is 0 Å². The van der Waals surface area contributed by atoms with Gasteiger partial charge in [-0.25, -0.2) is 0 Å². The number of benzene rings is 1. The zero-order chi connectivity index (χ0) is 20.0. The van der Waals surface area contributed by atoms with Gasteiger partial charge in [-0.2, -0.15) is 5.10 Å². The van der Waals surface area contributed by atoms with Crippen LogP contribution in [0.15, 0.2) is 30.3 Å². The van der Waals surface area contributed by atoms with Crippen LogP contribution in [0.1, 0.15) is 41.0 Å². The summed E-state index contributed by atoms with van der Waals surface area (Å²) in [7, 11) is 1.59. The van der Waals surface area contributed by atoms with E-state index in [1.807, 2.05) is 19.1 Å². The van der Waals surface area contributed by atoms with Gasteiger partial charge in [0.25, 0.3) is 5.91 Å². The standard InChI is InChI=1S/C20H25ClN4O2/c1-13(2)12-25-19(21)17(14(3)24-25)9-10-18(26)23-11-15-5-7-16(8-6-15)20(27)22-4/h5-10,13H,11-12H2,1-4H3,(H,22,27)(H,23,26)/b10-9+. The van der Waals surface area contributed by atoms with Crippen molar-refractivity contribution in [1.29, 1.82) is 0 Å². The third kappa shape index (κ3) is 5.69. The molecule has 0 saturated carbocycles. The van der Waals surface area contributed by atoms with E-state index in [2.05, 4.69) is 29.6 Å². The molecule has 0 bridgehead atoms. The maximum atomic E-state index is 12.1. The first-order chi connectivity index (χ1) is 12.8. The largest absolute Gasteiger partial charge is 0.355 e. The molecule has 0 spiro atoms. The molecule has 0 aliphatic carbocycles. The predicted octanol–water partition coefficient (Wildman–Crippen LogP) is 3.19. The number of rotatable bonds is 7. The molecule has 1 heterocycles. The first-order valence-electron chi connectivity index (χ1n) is 8.81. The fourth-order valence-electron chi connectivity index (χ4n) is 2.55. The first-order valence-corrected chi connectivity index (χ1v) is 9.19. The Morgan fingerprint density at radius 1 is 1.26 bits per heavy atom. The van der Waals surface area contributed by atoms with Crippen LogP contribution in [0.25, 0.3) is 6.08 Å². The second-order valence-corrected chi connectivity index (χ2v) is 7.05. The summed E-state index contributed by atoms with van der Waals surface area (Å²) in [5.41, 5.74) is 3.02. The summed E-state index contributed by atoms with van der Waals surface area (Å²) >= 11 is 6.37. The van der Waals surface area contributed by atoms with Gasteiger partial charge in [0.1, 0.15) is 5.15 Å². The predicted molar refractivity (Wildman–Crippen MR) is 108 cm³/mol. The second kappa shape index (κ2) is 9.37. The lowest BCUT2D eigenvalue weighted by Crippen LogP contribution is -2.20. The van der Waals surface area contributed by atoms with Crippen molar-refractivity contribution in [3.05, 3.63) is 57.9 Å². The fraction of sp³-hybridized carbons (Fsp3) is 0.350. The molecule has 2 amide bonds. The Kier molecular flexibility index (Phi) is 7.19. The number of aryl methyl sites for hydroxylation is 1. The number of nitrogens with zero attached hydrogens (tertiary/aromatic N) is 2. The molecule has 6 nitrogen and oxygen atoms in total. The molecule has 0 aliphatic heterocycles. The Balaban J connectivity index is 1.96. The van der Waals surface area contributed by atoms with Crippen LogP contribution in [0.4, 0.5) is 0 Å². The quantitative estimate of drug-likeness (QED) is 0.715. The van der Waals surface area contributed by atoms with Crippen LogP contribution in [0, 0.1) is 12.8 Å². The number of aromatic nitrogens is 2. The van der Waals surface area contributed by atoms with E-state index in [0.29, 0.717) is 23.2 Å². The molecule has 0 atom stereocenters. The van der Waals surface area contributed by atoms with E-state index in [1.54, 1.807) is 29.9 Å². The van der Waals surface area contributed by atoms with Gasteiger partial charge in [-0.05, 0) is 36.6 Å². The molecule has 2 N–H and O–H groups in total. The lowest BCUT2D eigenvalue weighted by atomic mass is 10.1. The van der Waals surface area contributed by atoms with Crippen LogP contribution < -0.4 is 10.6 Å². The van der Waals surface area contributed by atoms with Crippen LogP contribution in [0.2, 0.25) is 5.15 Å². The molecule has 0 aliphatic rings. The maximum Gasteiger partial charge on any atom is 0.251 e. The summed E-state index contributed by atoms with van der Waals surface area (Å²) in [6.07, 6.45) is 3.14. The molecule has 2 aromatic rings. The fourth-order valence-corrected chi connectivity index (χ4v) is 2.86. The second-order valence-electron chi connectivity index (χ2n) is 6.69. The third-order valence-corrected chi connectivity index (χ3v) is 4.36. The van der Waals surface area contributed by atoms with Crippen molar-refractivity contribution in [3.63, 3.8) is 0 Å². The smallest absolute Gasteiger partial charge is 0.251 e. The molecule has 2 rings (SSSR count). The maximum absolute atomic E-state index is 12.1. The van der Waals surface area contributed by atoms with Crippen molar-refractivity contribution in [2.75, 3.05) is 7.05 Å². The molecule has 7 heteroatoms. The SMILES string of the molecule is CNC(=O)c1ccc(CNC(=O)/C=C/c2c(C)nn(CC(C)C)c2Cl)cc1. The number of hydrogen-bond acceptors (Lipinski definition) is 3. The minimum atomic E-state index is -0.225. The molecular formula is C20H25ClN4O2. The zero-order valence-corrected chi connectivity index (χ0v) is 16.8. The summed E-state index contributed by atoms with van der Waals surface area (Å²) in [5.74, 6) is 0.0629. The van der Waals surface area contributed by atoms with Crippen LogP contribution in [-0.2, 0) is 17.9 Å². The number of halogens is 1. The summed E-state index contributed by atoms with van der Waals surface area (Å²) in [5, 5.41) is 10.3. The van der Waals surface area contributed by atoms with Crippen LogP contribution in [-0.4, -0.2) is 28.6 Å². The van der Waals surface area contributed by atoms with E-state index < -0.39 is 0 Å². The monoisotopic (exact) mass is 388 g/mol. The van der Waals surface area contributed by atoms with Gasteiger partial charge in [0.2, 0.25) is 5.91 Å². The molecule has 0 fully saturated rings. The molecule has 27 heavy (non-hydrogen) atoms. The molecule has 1 aromatic carbocycles. The highest BCUT2D eigenvalue weighted by atomic mass is 35.5. The van der Waals surface area contributed by atoms with Crippen molar-refractivity contribution >= 4 is 29.5 Å². The van der Waals surface area contributed by atoms with E-state index >= 15 is 0 Å². The average Bonchev–Trinajstić information content (AvgIpc) is 2.90. The Hall–Kier alpha value is -2.60. The molecule has 0 radical (unpaired) electrons. The first kappa shape index (κ1) is 20.7. The minimum Gasteiger partial charge on any atom is -0.355 e. The van der Waals surface area contributed by atoms with E-state index in [-0.39, 0.29) is 11.8 Å². The van der Waals surface area contributed by atoms with Gasteiger partial charge in [-0.3, -0.25) is 14.3 Å². The van der Waals surface area contributed by atoms with Gasteiger partial charge in [0.05, 0.1) is 5.69 Å². The molecular weight excluding hydrogens is 364 g/mol. The van der Waals surface area contributed by atoms with E-state index in [0.717, 1.165) is 23.4 Å². The third-order valence-electron chi connectivity index (χ3n) is 3.96. The van der Waals surface area contributed by atoms with Gasteiger partial charge < -0.3 is 10.6 Å². The Bertz CT molecular complexity index is 838. The number of carbonyl (C=O) groups is 2. The van der Waals surface area contributed by atoms with Crippen molar-refractivity contribution < 1.29 is 9.59 Å². The normalized spacial score (nSPS) is 11.2. The zero-order valence-electron chi connectivity index (χ0n) is 16.0. The Morgan fingerprint density at radius 3 is 2.52 bits per heavy atom. The minimum absolute atomic E-state index is 0.140. The number of carbonyl (C=O) groups excluding carboxylic acids is 2. The molecule has 144 valence electrons. The van der Waals surface area contributed by atoms with Crippen molar-refractivity contribution in [2.24, 2.45) is 5.92 Å². The van der Waals surface area contributed by atoms with Gasteiger partial charge in [-0.1, -0.05) is 37.6 Å². The summed E-state index contributed by atoms with van der Waals surface area (Å²) in [6, 6.07) is 7.07. The van der Waals surface area contributed by atoms with Crippen molar-refractivity contribution in [3.8, 4) is 0 Å². The lowest BCUT2D eigenvalue weighted by Gasteiger charge is -2.05. The van der Waals surface area contributed by atoms with Crippen LogP contribution in [0.3, 0.4) is 0 Å². The lowest BCUT2D eigenvalue weighted by molar-refractivity contribution is -0.116. The average molecular weight is 389 g/mol. The van der Waals surface area contributed by atoms with Crippen LogP contribution in [0.5, 0.6) is 0 Å². The van der Waals surface area contributed by atoms with E-state index in [9.17, 15) is 9.59 Å². The van der Waals surface area contributed by atoms with Crippen LogP contribution >= 0.6 is 11.6 Å². The van der Waals surface area contributed by atoms with Gasteiger partial charge in [-0.15, -0.1) is 0 Å². The summed E-state index contributed by atoms with van der Waals surface area (Å²) < 4.78 is 1.76. The van der Waals surface area contributed by atoms with Gasteiger partial charge in [0, 0.05) is 37.3 Å². The summed E-state index contributed by atoms with van der Waals surface area (Å²) in [4.78, 5) is 23.6. The van der Waals surface area contributed by atoms with E-state index in [4.69, 9.17) is 11.6 Å². The molecule has 1 aromatic heterocycles. The molecule has 0 unspecified atom stereocenters. The number of amides is 2. The highest BCUT2D eigenvalue weighted by Gasteiger charge is 2.12. The van der Waals surface area contributed by atoms with Gasteiger partial charge in [0.15, 0.2) is 0 Å². The molecule has 0 saturated heterocycles. The Morgan fingerprint density at radius 2 is 1.93 bits per heavy atom. The van der Waals surface area contributed by atoms with Crippen molar-refractivity contribution in [2.45, 2.75) is 33.9 Å². The topological polar surface area (TPSA) is 76.0 Å². The highest BCUT2D eigenvalue weighted by Crippen LogP contribution is 2.22. The van der Waals surface area contributed by atoms with E-state index in [1.165, 1.54) is 6.08 Å². The summed E-state index contributed by atoms with van der Waals surface area (Å²) in [6.45, 7) is 7.16. The van der Waals surface area contributed by atoms with Crippen molar-refractivity contribution in [1.82, 2.24) is 20.4 Å². The number of nitrogens with one attached hydrogen (secondary N) is 2. The number of hydrogen-bond donors (Lipinski definition) is 2. The Labute approximate surface area is 164 Å².